The number of thiophene rings is 1. The van der Waals surface area contributed by atoms with Crippen molar-refractivity contribution in [1.29, 1.82) is 0 Å². The number of carbonyl (C=O) groups excluding carboxylic acids is 1. The number of hydrogen-bond donors (Lipinski definition) is 1. The van der Waals surface area contributed by atoms with Crippen LogP contribution in [0.4, 0.5) is 0 Å². The van der Waals surface area contributed by atoms with Gasteiger partial charge in [-0.25, -0.2) is 0 Å². The van der Waals surface area contributed by atoms with Gasteiger partial charge in [-0.15, -0.1) is 11.3 Å². The summed E-state index contributed by atoms with van der Waals surface area (Å²) in [5.74, 6) is 0.0554. The van der Waals surface area contributed by atoms with Gasteiger partial charge in [0.05, 0.1) is 10.9 Å². The van der Waals surface area contributed by atoms with Crippen LogP contribution in [-0.2, 0) is 6.42 Å². The van der Waals surface area contributed by atoms with E-state index in [1.54, 1.807) is 11.3 Å². The van der Waals surface area contributed by atoms with E-state index in [0.717, 1.165) is 24.1 Å². The molecule has 0 unspecified atom stereocenters. The smallest absolute Gasteiger partial charge is 0.261 e. The van der Waals surface area contributed by atoms with E-state index in [1.807, 2.05) is 19.1 Å². The number of fused-ring (bicyclic) bond motifs is 1. The van der Waals surface area contributed by atoms with Crippen molar-refractivity contribution in [1.82, 2.24) is 5.32 Å². The van der Waals surface area contributed by atoms with Crippen LogP contribution in [0.3, 0.4) is 0 Å². The molecule has 1 aromatic heterocycles. The molecule has 1 amide bonds. The summed E-state index contributed by atoms with van der Waals surface area (Å²) in [5, 5.41) is 3.18. The Bertz CT molecular complexity index is 602. The molecule has 1 atom stereocenters. The molecule has 1 aromatic carbocycles. The van der Waals surface area contributed by atoms with Crippen LogP contribution >= 0.6 is 11.3 Å². The lowest BCUT2D eigenvalue weighted by molar-refractivity contribution is 0.0937. The lowest BCUT2D eigenvalue weighted by Crippen LogP contribution is -2.30. The first-order valence-corrected chi connectivity index (χ1v) is 7.51. The number of hydrogen-bond acceptors (Lipinski definition) is 2. The lowest BCUT2D eigenvalue weighted by atomic mass is 9.88. The summed E-state index contributed by atoms with van der Waals surface area (Å²) >= 11 is 1.55. The van der Waals surface area contributed by atoms with Crippen molar-refractivity contribution in [2.75, 3.05) is 0 Å². The molecule has 0 aliphatic heterocycles. The summed E-state index contributed by atoms with van der Waals surface area (Å²) in [6.45, 7) is 2.03. The summed E-state index contributed by atoms with van der Waals surface area (Å²) in [6.07, 6.45) is 3.30. The van der Waals surface area contributed by atoms with Crippen LogP contribution in [0.25, 0.3) is 0 Å². The maximum Gasteiger partial charge on any atom is 0.261 e. The van der Waals surface area contributed by atoms with Gasteiger partial charge in [0.15, 0.2) is 0 Å². The summed E-state index contributed by atoms with van der Waals surface area (Å²) in [6, 6.07) is 12.5. The Hall–Kier alpha value is -1.61. The zero-order valence-corrected chi connectivity index (χ0v) is 11.8. The quantitative estimate of drug-likeness (QED) is 0.882. The molecule has 0 saturated carbocycles. The molecule has 2 nitrogen and oxygen atoms in total. The van der Waals surface area contributed by atoms with Crippen molar-refractivity contribution in [2.24, 2.45) is 0 Å². The number of carbonyl (C=O) groups is 1. The second kappa shape index (κ2) is 5.17. The third-order valence-corrected chi connectivity index (χ3v) is 4.64. The molecule has 0 bridgehead atoms. The Morgan fingerprint density at radius 3 is 2.89 bits per heavy atom. The van der Waals surface area contributed by atoms with Crippen molar-refractivity contribution < 1.29 is 4.79 Å². The Balaban J connectivity index is 1.79. The number of rotatable bonds is 2. The van der Waals surface area contributed by atoms with Crippen molar-refractivity contribution in [3.05, 3.63) is 57.3 Å². The summed E-state index contributed by atoms with van der Waals surface area (Å²) in [4.78, 5) is 14.2. The second-order valence-electron chi connectivity index (χ2n) is 5.03. The van der Waals surface area contributed by atoms with E-state index >= 15 is 0 Å². The SMILES string of the molecule is Cc1ccc(C(=O)N[C@H]2CCCc3ccccc32)s1. The fraction of sp³-hybridized carbons (Fsp3) is 0.312. The first-order valence-electron chi connectivity index (χ1n) is 6.69. The van der Waals surface area contributed by atoms with Crippen molar-refractivity contribution in [3.8, 4) is 0 Å². The van der Waals surface area contributed by atoms with Crippen molar-refractivity contribution in [3.63, 3.8) is 0 Å². The molecule has 1 N–H and O–H groups in total. The van der Waals surface area contributed by atoms with E-state index < -0.39 is 0 Å². The molecule has 0 spiro atoms. The molecule has 19 heavy (non-hydrogen) atoms. The third kappa shape index (κ3) is 2.56. The summed E-state index contributed by atoms with van der Waals surface area (Å²) in [7, 11) is 0. The molecule has 0 radical (unpaired) electrons. The van der Waals surface area contributed by atoms with E-state index in [2.05, 4.69) is 29.6 Å². The van der Waals surface area contributed by atoms with Crippen LogP contribution in [0.15, 0.2) is 36.4 Å². The van der Waals surface area contributed by atoms with Gasteiger partial charge >= 0.3 is 0 Å². The third-order valence-electron chi connectivity index (χ3n) is 3.64. The maximum absolute atomic E-state index is 12.2. The Morgan fingerprint density at radius 1 is 1.26 bits per heavy atom. The van der Waals surface area contributed by atoms with E-state index in [-0.39, 0.29) is 11.9 Å². The number of aryl methyl sites for hydroxylation is 2. The van der Waals surface area contributed by atoms with Crippen LogP contribution in [0.1, 0.15) is 44.6 Å². The highest BCUT2D eigenvalue weighted by Crippen LogP contribution is 2.30. The molecule has 0 fully saturated rings. The van der Waals surface area contributed by atoms with Gasteiger partial charge in [0.1, 0.15) is 0 Å². The summed E-state index contributed by atoms with van der Waals surface area (Å²) in [5.41, 5.74) is 2.66. The van der Waals surface area contributed by atoms with Crippen molar-refractivity contribution >= 4 is 17.2 Å². The topological polar surface area (TPSA) is 29.1 Å². The van der Waals surface area contributed by atoms with Crippen LogP contribution in [0.5, 0.6) is 0 Å². The van der Waals surface area contributed by atoms with Gasteiger partial charge in [-0.05, 0) is 49.4 Å². The highest BCUT2D eigenvalue weighted by molar-refractivity contribution is 7.13. The highest BCUT2D eigenvalue weighted by Gasteiger charge is 2.22. The zero-order chi connectivity index (χ0) is 13.2. The molecule has 3 rings (SSSR count). The van der Waals surface area contributed by atoms with Crippen LogP contribution in [0, 0.1) is 6.92 Å². The molecule has 98 valence electrons. The first-order chi connectivity index (χ1) is 9.24. The minimum Gasteiger partial charge on any atom is -0.345 e. The van der Waals surface area contributed by atoms with E-state index in [0.29, 0.717) is 0 Å². The second-order valence-corrected chi connectivity index (χ2v) is 6.32. The molecule has 2 aromatic rings. The Morgan fingerprint density at radius 2 is 2.11 bits per heavy atom. The van der Waals surface area contributed by atoms with Gasteiger partial charge in [-0.1, -0.05) is 24.3 Å². The zero-order valence-electron chi connectivity index (χ0n) is 11.0. The average Bonchev–Trinajstić information content (AvgIpc) is 2.86. The first kappa shape index (κ1) is 12.4. The van der Waals surface area contributed by atoms with E-state index in [1.165, 1.54) is 16.0 Å². The number of nitrogens with one attached hydrogen (secondary N) is 1. The van der Waals surface area contributed by atoms with Crippen LogP contribution < -0.4 is 5.32 Å². The highest BCUT2D eigenvalue weighted by atomic mass is 32.1. The largest absolute Gasteiger partial charge is 0.345 e. The monoisotopic (exact) mass is 271 g/mol. The predicted molar refractivity (Wildman–Crippen MR) is 78.6 cm³/mol. The predicted octanol–water partition coefficient (Wildman–Crippen LogP) is 3.86. The normalized spacial score (nSPS) is 17.8. The molecule has 3 heteroatoms. The van der Waals surface area contributed by atoms with Gasteiger partial charge in [0, 0.05) is 4.88 Å². The summed E-state index contributed by atoms with van der Waals surface area (Å²) < 4.78 is 0. The molecule has 0 saturated heterocycles. The fourth-order valence-corrected chi connectivity index (χ4v) is 3.46. The van der Waals surface area contributed by atoms with Gasteiger partial charge in [-0.3, -0.25) is 4.79 Å². The standard InChI is InChI=1S/C16H17NOS/c1-11-9-10-15(19-11)16(18)17-14-8-4-6-12-5-2-3-7-13(12)14/h2-3,5,7,9-10,14H,4,6,8H2,1H3,(H,17,18)/t14-/m0/s1. The lowest BCUT2D eigenvalue weighted by Gasteiger charge is -2.26. The van der Waals surface area contributed by atoms with Crippen molar-refractivity contribution in [2.45, 2.75) is 32.2 Å². The maximum atomic E-state index is 12.2. The fourth-order valence-electron chi connectivity index (χ4n) is 2.69. The van der Waals surface area contributed by atoms with Crippen LogP contribution in [0.2, 0.25) is 0 Å². The average molecular weight is 271 g/mol. The van der Waals surface area contributed by atoms with Gasteiger partial charge in [-0.2, -0.15) is 0 Å². The Labute approximate surface area is 117 Å². The Kier molecular flexibility index (Phi) is 3.38. The number of benzene rings is 1. The van der Waals surface area contributed by atoms with Gasteiger partial charge < -0.3 is 5.32 Å². The molecular formula is C16H17NOS. The van der Waals surface area contributed by atoms with Crippen LogP contribution in [-0.4, -0.2) is 5.91 Å². The van der Waals surface area contributed by atoms with Gasteiger partial charge in [0.25, 0.3) is 5.91 Å². The molecular weight excluding hydrogens is 254 g/mol. The molecule has 1 aliphatic carbocycles. The minimum absolute atomic E-state index is 0.0554. The minimum atomic E-state index is 0.0554. The van der Waals surface area contributed by atoms with E-state index in [4.69, 9.17) is 0 Å². The number of amides is 1. The van der Waals surface area contributed by atoms with Gasteiger partial charge in [0.2, 0.25) is 0 Å². The molecule has 1 heterocycles. The van der Waals surface area contributed by atoms with E-state index in [9.17, 15) is 4.79 Å². The molecule has 1 aliphatic rings.